The fourth-order valence-electron chi connectivity index (χ4n) is 1.33. The molecule has 1 N–H and O–H groups in total. The molecule has 16 heavy (non-hydrogen) atoms. The predicted octanol–water partition coefficient (Wildman–Crippen LogP) is 2.26. The minimum Gasteiger partial charge on any atom is -0.380 e. The largest absolute Gasteiger partial charge is 0.380 e. The van der Waals surface area contributed by atoms with Crippen molar-refractivity contribution in [3.63, 3.8) is 0 Å². The van der Waals surface area contributed by atoms with E-state index < -0.39 is 0 Å². The lowest BCUT2D eigenvalue weighted by Crippen LogP contribution is -2.23. The monoisotopic (exact) mass is 242 g/mol. The van der Waals surface area contributed by atoms with Crippen LogP contribution in [0.25, 0.3) is 0 Å². The van der Waals surface area contributed by atoms with Crippen molar-refractivity contribution in [2.45, 2.75) is 27.2 Å². The lowest BCUT2D eigenvalue weighted by atomic mass is 10.2. The van der Waals surface area contributed by atoms with Crippen LogP contribution >= 0.6 is 11.3 Å². The maximum absolute atomic E-state index is 5.48. The van der Waals surface area contributed by atoms with Crippen LogP contribution in [0.1, 0.15) is 24.5 Å². The van der Waals surface area contributed by atoms with Gasteiger partial charge >= 0.3 is 0 Å². The number of ether oxygens (including phenoxy) is 1. The third-order valence-corrected chi connectivity index (χ3v) is 2.92. The van der Waals surface area contributed by atoms with Crippen LogP contribution in [0.15, 0.2) is 5.38 Å². The number of rotatable bonds is 8. The highest BCUT2D eigenvalue weighted by molar-refractivity contribution is 7.09. The van der Waals surface area contributed by atoms with Crippen molar-refractivity contribution in [1.82, 2.24) is 10.3 Å². The first-order chi connectivity index (χ1) is 7.68. The summed E-state index contributed by atoms with van der Waals surface area (Å²) in [6.45, 7) is 9.93. The van der Waals surface area contributed by atoms with Crippen molar-refractivity contribution in [2.24, 2.45) is 5.92 Å². The summed E-state index contributed by atoms with van der Waals surface area (Å²) in [5, 5.41) is 6.64. The highest BCUT2D eigenvalue weighted by Gasteiger charge is 1.97. The first-order valence-electron chi connectivity index (χ1n) is 5.88. The second-order valence-corrected chi connectivity index (χ2v) is 5.39. The van der Waals surface area contributed by atoms with Gasteiger partial charge in [-0.15, -0.1) is 11.3 Å². The molecule has 0 fully saturated rings. The van der Waals surface area contributed by atoms with Crippen LogP contribution in [0.3, 0.4) is 0 Å². The topological polar surface area (TPSA) is 34.2 Å². The van der Waals surface area contributed by atoms with E-state index in [4.69, 9.17) is 4.74 Å². The third-order valence-electron chi connectivity index (χ3n) is 2.10. The van der Waals surface area contributed by atoms with Crippen molar-refractivity contribution < 1.29 is 4.74 Å². The van der Waals surface area contributed by atoms with Gasteiger partial charge in [0.1, 0.15) is 0 Å². The van der Waals surface area contributed by atoms with E-state index >= 15 is 0 Å². The van der Waals surface area contributed by atoms with Crippen LogP contribution in [0.5, 0.6) is 0 Å². The van der Waals surface area contributed by atoms with Crippen molar-refractivity contribution in [3.8, 4) is 0 Å². The summed E-state index contributed by atoms with van der Waals surface area (Å²) in [6, 6.07) is 0. The zero-order valence-corrected chi connectivity index (χ0v) is 11.3. The smallest absolute Gasteiger partial charge is 0.0897 e. The Hall–Kier alpha value is -0.450. The first-order valence-corrected chi connectivity index (χ1v) is 6.76. The Morgan fingerprint density at radius 3 is 2.88 bits per heavy atom. The quantitative estimate of drug-likeness (QED) is 0.710. The highest BCUT2D eigenvalue weighted by Crippen LogP contribution is 2.07. The summed E-state index contributed by atoms with van der Waals surface area (Å²) in [6.07, 6.45) is 1.01. The standard InChI is InChI=1S/C12H22N2OS/c1-10(2)8-15-7-6-13-5-4-12-9-16-11(3)14-12/h9-10,13H,4-8H2,1-3H3. The van der Waals surface area contributed by atoms with Gasteiger partial charge in [-0.2, -0.15) is 0 Å². The Balaban J connectivity index is 1.92. The number of thiazole rings is 1. The first kappa shape index (κ1) is 13.6. The van der Waals surface area contributed by atoms with Gasteiger partial charge in [0, 0.05) is 31.5 Å². The summed E-state index contributed by atoms with van der Waals surface area (Å²) in [7, 11) is 0. The molecule has 0 spiro atoms. The van der Waals surface area contributed by atoms with E-state index in [2.05, 4.69) is 29.5 Å². The minimum absolute atomic E-state index is 0.623. The van der Waals surface area contributed by atoms with Crippen LogP contribution in [0, 0.1) is 12.8 Å². The number of hydrogen-bond donors (Lipinski definition) is 1. The Bertz CT molecular complexity index is 286. The van der Waals surface area contributed by atoms with Crippen molar-refractivity contribution in [2.75, 3.05) is 26.3 Å². The molecule has 1 heterocycles. The van der Waals surface area contributed by atoms with E-state index in [9.17, 15) is 0 Å². The Kier molecular flexibility index (Phi) is 6.61. The van der Waals surface area contributed by atoms with Gasteiger partial charge in [0.25, 0.3) is 0 Å². The van der Waals surface area contributed by atoms with E-state index in [0.717, 1.165) is 37.7 Å². The van der Waals surface area contributed by atoms with Gasteiger partial charge in [-0.1, -0.05) is 13.8 Å². The molecule has 0 aliphatic carbocycles. The number of aryl methyl sites for hydroxylation is 1. The molecule has 0 radical (unpaired) electrons. The molecule has 0 saturated heterocycles. The maximum atomic E-state index is 5.48. The van der Waals surface area contributed by atoms with Gasteiger partial charge < -0.3 is 10.1 Å². The van der Waals surface area contributed by atoms with E-state index in [-0.39, 0.29) is 0 Å². The molecule has 3 nitrogen and oxygen atoms in total. The molecule has 0 aliphatic heterocycles. The molecular formula is C12H22N2OS. The zero-order valence-electron chi connectivity index (χ0n) is 10.5. The molecule has 0 amide bonds. The molecule has 0 aliphatic rings. The Morgan fingerprint density at radius 2 is 2.25 bits per heavy atom. The highest BCUT2D eigenvalue weighted by atomic mass is 32.1. The van der Waals surface area contributed by atoms with E-state index in [1.165, 1.54) is 5.69 Å². The molecule has 1 aromatic heterocycles. The summed E-state index contributed by atoms with van der Waals surface area (Å²) in [5.74, 6) is 0.623. The minimum atomic E-state index is 0.623. The second kappa shape index (κ2) is 7.76. The summed E-state index contributed by atoms with van der Waals surface area (Å²) < 4.78 is 5.48. The molecule has 0 bridgehead atoms. The lowest BCUT2D eigenvalue weighted by Gasteiger charge is -2.07. The third kappa shape index (κ3) is 6.20. The SMILES string of the molecule is Cc1nc(CCNCCOCC(C)C)cs1. The maximum Gasteiger partial charge on any atom is 0.0897 e. The van der Waals surface area contributed by atoms with Crippen LogP contribution in [-0.2, 0) is 11.2 Å². The van der Waals surface area contributed by atoms with Crippen LogP contribution in [0.4, 0.5) is 0 Å². The van der Waals surface area contributed by atoms with Crippen LogP contribution in [0.2, 0.25) is 0 Å². The van der Waals surface area contributed by atoms with Gasteiger partial charge in [-0.05, 0) is 12.8 Å². The molecule has 0 atom stereocenters. The van der Waals surface area contributed by atoms with Crippen LogP contribution < -0.4 is 5.32 Å². The summed E-state index contributed by atoms with van der Waals surface area (Å²) >= 11 is 1.72. The number of nitrogens with zero attached hydrogens (tertiary/aromatic N) is 1. The van der Waals surface area contributed by atoms with E-state index in [1.54, 1.807) is 11.3 Å². The van der Waals surface area contributed by atoms with E-state index in [1.807, 2.05) is 6.92 Å². The molecule has 0 saturated carbocycles. The molecule has 1 aromatic rings. The van der Waals surface area contributed by atoms with Crippen molar-refractivity contribution >= 4 is 11.3 Å². The summed E-state index contributed by atoms with van der Waals surface area (Å²) in [5.41, 5.74) is 1.19. The molecular weight excluding hydrogens is 220 g/mol. The second-order valence-electron chi connectivity index (χ2n) is 4.33. The van der Waals surface area contributed by atoms with Gasteiger partial charge in [0.2, 0.25) is 0 Å². The predicted molar refractivity (Wildman–Crippen MR) is 69.1 cm³/mol. The molecule has 92 valence electrons. The average molecular weight is 242 g/mol. The molecule has 1 rings (SSSR count). The zero-order chi connectivity index (χ0) is 11.8. The van der Waals surface area contributed by atoms with Gasteiger partial charge in [-0.3, -0.25) is 0 Å². The number of nitrogens with one attached hydrogen (secondary N) is 1. The average Bonchev–Trinajstić information content (AvgIpc) is 2.62. The summed E-state index contributed by atoms with van der Waals surface area (Å²) in [4.78, 5) is 4.42. The normalized spacial score (nSPS) is 11.2. The molecule has 0 aromatic carbocycles. The van der Waals surface area contributed by atoms with Gasteiger partial charge in [-0.25, -0.2) is 4.98 Å². The van der Waals surface area contributed by atoms with Crippen LogP contribution in [-0.4, -0.2) is 31.3 Å². The molecule has 4 heteroatoms. The number of aromatic nitrogens is 1. The van der Waals surface area contributed by atoms with Gasteiger partial charge in [0.05, 0.1) is 17.3 Å². The molecule has 0 unspecified atom stereocenters. The Morgan fingerprint density at radius 1 is 1.44 bits per heavy atom. The van der Waals surface area contributed by atoms with Gasteiger partial charge in [0.15, 0.2) is 0 Å². The van der Waals surface area contributed by atoms with E-state index in [0.29, 0.717) is 5.92 Å². The fourth-order valence-corrected chi connectivity index (χ4v) is 1.98. The lowest BCUT2D eigenvalue weighted by molar-refractivity contribution is 0.112. The van der Waals surface area contributed by atoms with Crippen molar-refractivity contribution in [3.05, 3.63) is 16.1 Å². The van der Waals surface area contributed by atoms with Crippen molar-refractivity contribution in [1.29, 1.82) is 0 Å². The fraction of sp³-hybridized carbons (Fsp3) is 0.750. The number of hydrogen-bond acceptors (Lipinski definition) is 4. The Labute approximate surface area is 102 Å².